The smallest absolute Gasteiger partial charge is 0.411 e. The number of aryl methyl sites for hydroxylation is 1. The molecular weight excluding hydrogens is 426 g/mol. The number of piperidine rings is 1. The van der Waals surface area contributed by atoms with Crippen LogP contribution in [-0.2, 0) is 11.3 Å². The van der Waals surface area contributed by atoms with Crippen LogP contribution in [0.2, 0.25) is 0 Å². The van der Waals surface area contributed by atoms with Crippen LogP contribution in [0, 0.1) is 18.3 Å². The second-order valence-corrected chi connectivity index (χ2v) is 8.52. The summed E-state index contributed by atoms with van der Waals surface area (Å²) in [4.78, 5) is 27.3. The Balaban J connectivity index is 1.35. The first-order valence-corrected chi connectivity index (χ1v) is 11.4. The molecule has 0 unspecified atom stereocenters. The molecule has 0 saturated carbocycles. The van der Waals surface area contributed by atoms with Gasteiger partial charge in [-0.1, -0.05) is 48.5 Å². The number of nitriles is 1. The first kappa shape index (κ1) is 23.1. The van der Waals surface area contributed by atoms with Gasteiger partial charge in [-0.2, -0.15) is 5.26 Å². The van der Waals surface area contributed by atoms with Crippen molar-refractivity contribution in [1.82, 2.24) is 4.90 Å². The van der Waals surface area contributed by atoms with Crippen LogP contribution >= 0.6 is 0 Å². The molecule has 6 heteroatoms. The van der Waals surface area contributed by atoms with E-state index in [1.54, 1.807) is 12.1 Å². The number of hydrogen-bond acceptors (Lipinski definition) is 4. The van der Waals surface area contributed by atoms with Gasteiger partial charge in [0.15, 0.2) is 0 Å². The van der Waals surface area contributed by atoms with Gasteiger partial charge in [-0.3, -0.25) is 10.1 Å². The molecule has 0 radical (unpaired) electrons. The number of nitrogens with one attached hydrogen (secondary N) is 1. The Labute approximate surface area is 199 Å². The number of carbonyl (C=O) groups excluding carboxylic acids is 2. The standard InChI is InChI=1S/C28H27N3O3/c1-20-7-12-25(30-28(33)34-19-22-5-3-2-4-6-22)17-26(20)27(32)31-15-13-24(14-16-31)23-10-8-21(18-29)9-11-23/h2-12,17,24H,13-16,19H2,1H3,(H,30,33). The van der Waals surface area contributed by atoms with E-state index in [4.69, 9.17) is 10.00 Å². The molecule has 1 fully saturated rings. The molecule has 0 atom stereocenters. The fourth-order valence-electron chi connectivity index (χ4n) is 4.22. The van der Waals surface area contributed by atoms with E-state index >= 15 is 0 Å². The summed E-state index contributed by atoms with van der Waals surface area (Å²) in [5.41, 5.74) is 4.74. The van der Waals surface area contributed by atoms with Gasteiger partial charge >= 0.3 is 6.09 Å². The Morgan fingerprint density at radius 2 is 1.74 bits per heavy atom. The zero-order chi connectivity index (χ0) is 23.9. The van der Waals surface area contributed by atoms with Gasteiger partial charge < -0.3 is 9.64 Å². The molecule has 0 bridgehead atoms. The maximum absolute atomic E-state index is 13.2. The molecule has 3 aromatic carbocycles. The highest BCUT2D eigenvalue weighted by atomic mass is 16.5. The topological polar surface area (TPSA) is 82.4 Å². The largest absolute Gasteiger partial charge is 0.444 e. The van der Waals surface area contributed by atoms with E-state index in [1.807, 2.05) is 72.5 Å². The monoisotopic (exact) mass is 453 g/mol. The lowest BCUT2D eigenvalue weighted by molar-refractivity contribution is 0.0712. The minimum absolute atomic E-state index is 0.0305. The lowest BCUT2D eigenvalue weighted by Crippen LogP contribution is -2.38. The van der Waals surface area contributed by atoms with Crippen molar-refractivity contribution in [2.24, 2.45) is 0 Å². The van der Waals surface area contributed by atoms with Gasteiger partial charge in [-0.05, 0) is 66.6 Å². The second-order valence-electron chi connectivity index (χ2n) is 8.52. The maximum Gasteiger partial charge on any atom is 0.411 e. The number of benzene rings is 3. The summed E-state index contributed by atoms with van der Waals surface area (Å²) in [6.45, 7) is 3.41. The molecule has 3 aromatic rings. The van der Waals surface area contributed by atoms with Gasteiger partial charge in [0, 0.05) is 24.3 Å². The number of hydrogen-bond donors (Lipinski definition) is 1. The molecule has 1 heterocycles. The first-order valence-electron chi connectivity index (χ1n) is 11.4. The predicted molar refractivity (Wildman–Crippen MR) is 130 cm³/mol. The Kier molecular flexibility index (Phi) is 7.24. The van der Waals surface area contributed by atoms with Crippen molar-refractivity contribution in [3.8, 4) is 6.07 Å². The first-order chi connectivity index (χ1) is 16.5. The summed E-state index contributed by atoms with van der Waals surface area (Å²) in [5.74, 6) is 0.349. The fraction of sp³-hybridized carbons (Fsp3) is 0.250. The van der Waals surface area contributed by atoms with Crippen molar-refractivity contribution >= 4 is 17.7 Å². The molecule has 172 valence electrons. The number of nitrogens with zero attached hydrogens (tertiary/aromatic N) is 2. The van der Waals surface area contributed by atoms with Crippen molar-refractivity contribution in [3.63, 3.8) is 0 Å². The molecule has 0 aliphatic carbocycles. The third-order valence-electron chi connectivity index (χ3n) is 6.22. The molecular formula is C28H27N3O3. The minimum Gasteiger partial charge on any atom is -0.444 e. The normalized spacial score (nSPS) is 13.7. The Morgan fingerprint density at radius 3 is 2.41 bits per heavy atom. The number of amides is 2. The zero-order valence-corrected chi connectivity index (χ0v) is 19.2. The summed E-state index contributed by atoms with van der Waals surface area (Å²) in [5, 5.41) is 11.7. The van der Waals surface area contributed by atoms with Gasteiger partial charge in [0.2, 0.25) is 0 Å². The number of likely N-dealkylation sites (tertiary alicyclic amines) is 1. The molecule has 2 amide bonds. The third kappa shape index (κ3) is 5.62. The average Bonchev–Trinajstić information content (AvgIpc) is 2.89. The number of ether oxygens (including phenoxy) is 1. The Hall–Kier alpha value is -4.11. The highest BCUT2D eigenvalue weighted by Crippen LogP contribution is 2.29. The highest BCUT2D eigenvalue weighted by molar-refractivity contribution is 5.97. The van der Waals surface area contributed by atoms with Crippen molar-refractivity contribution in [3.05, 3.63) is 101 Å². The predicted octanol–water partition coefficient (Wildman–Crippen LogP) is 5.64. The zero-order valence-electron chi connectivity index (χ0n) is 19.2. The summed E-state index contributed by atoms with van der Waals surface area (Å²) < 4.78 is 5.28. The van der Waals surface area contributed by atoms with Crippen LogP contribution in [-0.4, -0.2) is 30.0 Å². The van der Waals surface area contributed by atoms with Gasteiger partial charge in [0.1, 0.15) is 6.61 Å². The molecule has 4 rings (SSSR count). The van der Waals surface area contributed by atoms with Crippen LogP contribution < -0.4 is 5.32 Å². The molecule has 0 aromatic heterocycles. The highest BCUT2D eigenvalue weighted by Gasteiger charge is 2.25. The minimum atomic E-state index is -0.561. The molecule has 1 aliphatic rings. The second kappa shape index (κ2) is 10.7. The molecule has 1 aliphatic heterocycles. The SMILES string of the molecule is Cc1ccc(NC(=O)OCc2ccccc2)cc1C(=O)N1CCC(c2ccc(C#N)cc2)CC1. The molecule has 0 spiro atoms. The molecule has 1 saturated heterocycles. The summed E-state index contributed by atoms with van der Waals surface area (Å²) >= 11 is 0. The van der Waals surface area contributed by atoms with Gasteiger partial charge in [-0.25, -0.2) is 4.79 Å². The van der Waals surface area contributed by atoms with E-state index in [0.29, 0.717) is 35.8 Å². The van der Waals surface area contributed by atoms with E-state index in [9.17, 15) is 9.59 Å². The number of carbonyl (C=O) groups is 2. The lowest BCUT2D eigenvalue weighted by atomic mass is 9.88. The van der Waals surface area contributed by atoms with E-state index in [1.165, 1.54) is 5.56 Å². The van der Waals surface area contributed by atoms with Gasteiger partial charge in [0.25, 0.3) is 5.91 Å². The van der Waals surface area contributed by atoms with Gasteiger partial charge in [-0.15, -0.1) is 0 Å². The lowest BCUT2D eigenvalue weighted by Gasteiger charge is -2.32. The van der Waals surface area contributed by atoms with Crippen molar-refractivity contribution in [1.29, 1.82) is 5.26 Å². The third-order valence-corrected chi connectivity index (χ3v) is 6.22. The summed E-state index contributed by atoms with van der Waals surface area (Å²) in [6, 6.07) is 24.7. The van der Waals surface area contributed by atoms with E-state index in [0.717, 1.165) is 24.0 Å². The van der Waals surface area contributed by atoms with Gasteiger partial charge in [0.05, 0.1) is 11.6 Å². The van der Waals surface area contributed by atoms with Crippen molar-refractivity contribution in [2.75, 3.05) is 18.4 Å². The fourth-order valence-corrected chi connectivity index (χ4v) is 4.22. The molecule has 6 nitrogen and oxygen atoms in total. The average molecular weight is 454 g/mol. The van der Waals surface area contributed by atoms with Crippen LogP contribution in [0.1, 0.15) is 51.4 Å². The molecule has 34 heavy (non-hydrogen) atoms. The number of rotatable bonds is 5. The number of anilines is 1. The molecule has 1 N–H and O–H groups in total. The van der Waals surface area contributed by atoms with Crippen molar-refractivity contribution in [2.45, 2.75) is 32.3 Å². The summed E-state index contributed by atoms with van der Waals surface area (Å²) in [7, 11) is 0. The maximum atomic E-state index is 13.2. The van der Waals surface area contributed by atoms with Crippen LogP contribution in [0.15, 0.2) is 72.8 Å². The van der Waals surface area contributed by atoms with Crippen molar-refractivity contribution < 1.29 is 14.3 Å². The van der Waals surface area contributed by atoms with E-state index < -0.39 is 6.09 Å². The Morgan fingerprint density at radius 1 is 1.03 bits per heavy atom. The quantitative estimate of drug-likeness (QED) is 0.542. The van der Waals surface area contributed by atoms with Crippen LogP contribution in [0.25, 0.3) is 0 Å². The summed E-state index contributed by atoms with van der Waals surface area (Å²) in [6.07, 6.45) is 1.19. The Bertz CT molecular complexity index is 1190. The van der Waals surface area contributed by atoms with E-state index in [-0.39, 0.29) is 12.5 Å². The van der Waals surface area contributed by atoms with Crippen LogP contribution in [0.3, 0.4) is 0 Å². The van der Waals surface area contributed by atoms with E-state index in [2.05, 4.69) is 11.4 Å². The van der Waals surface area contributed by atoms with Crippen LogP contribution in [0.4, 0.5) is 10.5 Å². The van der Waals surface area contributed by atoms with Crippen LogP contribution in [0.5, 0.6) is 0 Å².